The molecule has 0 saturated carbocycles. The Morgan fingerprint density at radius 3 is 2.48 bits per heavy atom. The lowest BCUT2D eigenvalue weighted by Crippen LogP contribution is -2.60. The molecule has 0 aromatic rings. The largest absolute Gasteiger partial charge is 0.471 e. The summed E-state index contributed by atoms with van der Waals surface area (Å²) < 4.78 is 21.1. The molecule has 0 aromatic heterocycles. The van der Waals surface area contributed by atoms with Gasteiger partial charge in [-0.2, -0.15) is 0 Å². The lowest BCUT2D eigenvalue weighted by molar-refractivity contribution is -0.339. The molecule has 10 heteroatoms. The van der Waals surface area contributed by atoms with Crippen molar-refractivity contribution in [3.8, 4) is 0 Å². The second-order valence-corrected chi connectivity index (χ2v) is 6.33. The van der Waals surface area contributed by atoms with Gasteiger partial charge in [0, 0.05) is 18.4 Å². The zero-order chi connectivity index (χ0) is 20.1. The van der Waals surface area contributed by atoms with E-state index in [-0.39, 0.29) is 18.6 Å². The third-order valence-electron chi connectivity index (χ3n) is 4.76. The van der Waals surface area contributed by atoms with Crippen LogP contribution in [0.15, 0.2) is 24.5 Å². The van der Waals surface area contributed by atoms with Crippen molar-refractivity contribution in [2.75, 3.05) is 20.3 Å². The summed E-state index contributed by atoms with van der Waals surface area (Å²) in [4.78, 5) is 11.9. The number of aliphatic hydroxyl groups is 5. The first-order chi connectivity index (χ1) is 12.9. The molecule has 0 radical (unpaired) electrons. The van der Waals surface area contributed by atoms with Crippen LogP contribution in [0.1, 0.15) is 6.42 Å². The van der Waals surface area contributed by atoms with Gasteiger partial charge in [-0.15, -0.1) is 6.58 Å². The average molecular weight is 390 g/mol. The SMILES string of the molecule is C=CC1C(CCO)C(C(=O)OC)=CO[C@H]1O[C@@H]1O[C@H](CO)[C@@H](O)[C@H](O)[C@H]1O. The number of hydrogen-bond donors (Lipinski definition) is 5. The highest BCUT2D eigenvalue weighted by atomic mass is 16.8. The van der Waals surface area contributed by atoms with Crippen molar-refractivity contribution in [1.82, 2.24) is 0 Å². The van der Waals surface area contributed by atoms with E-state index in [9.17, 15) is 30.3 Å². The molecule has 0 aliphatic carbocycles. The Bertz CT molecular complexity index is 548. The molecule has 10 nitrogen and oxygen atoms in total. The highest BCUT2D eigenvalue weighted by Crippen LogP contribution is 2.36. The number of hydrogen-bond acceptors (Lipinski definition) is 10. The Labute approximate surface area is 156 Å². The molecule has 27 heavy (non-hydrogen) atoms. The Balaban J connectivity index is 2.20. The Morgan fingerprint density at radius 1 is 1.22 bits per heavy atom. The van der Waals surface area contributed by atoms with E-state index in [4.69, 9.17) is 18.9 Å². The third kappa shape index (κ3) is 4.49. The second kappa shape index (κ2) is 9.60. The monoisotopic (exact) mass is 390 g/mol. The minimum Gasteiger partial charge on any atom is -0.471 e. The van der Waals surface area contributed by atoms with Crippen LogP contribution in [-0.4, -0.2) is 88.8 Å². The van der Waals surface area contributed by atoms with Crippen molar-refractivity contribution in [2.24, 2.45) is 11.8 Å². The smallest absolute Gasteiger partial charge is 0.337 e. The fourth-order valence-corrected chi connectivity index (χ4v) is 3.23. The predicted octanol–water partition coefficient (Wildman–Crippen LogP) is -1.98. The van der Waals surface area contributed by atoms with Crippen molar-refractivity contribution < 1.29 is 49.3 Å². The molecule has 1 fully saturated rings. The maximum absolute atomic E-state index is 11.9. The van der Waals surface area contributed by atoms with Gasteiger partial charge in [-0.05, 0) is 6.42 Å². The van der Waals surface area contributed by atoms with E-state index in [1.54, 1.807) is 0 Å². The summed E-state index contributed by atoms with van der Waals surface area (Å²) in [5, 5.41) is 48.4. The molecular formula is C17H26O10. The van der Waals surface area contributed by atoms with Gasteiger partial charge in [0.25, 0.3) is 0 Å². The molecule has 0 spiro atoms. The first-order valence-electron chi connectivity index (χ1n) is 8.52. The van der Waals surface area contributed by atoms with E-state index in [1.807, 2.05) is 0 Å². The summed E-state index contributed by atoms with van der Waals surface area (Å²) in [6.45, 7) is 2.89. The van der Waals surface area contributed by atoms with Gasteiger partial charge in [-0.3, -0.25) is 0 Å². The summed E-state index contributed by atoms with van der Waals surface area (Å²) in [6, 6.07) is 0. The second-order valence-electron chi connectivity index (χ2n) is 6.33. The zero-order valence-electron chi connectivity index (χ0n) is 14.9. The van der Waals surface area contributed by atoms with Gasteiger partial charge < -0.3 is 44.5 Å². The van der Waals surface area contributed by atoms with Gasteiger partial charge in [-0.1, -0.05) is 6.08 Å². The van der Waals surface area contributed by atoms with Crippen molar-refractivity contribution in [3.05, 3.63) is 24.5 Å². The summed E-state index contributed by atoms with van der Waals surface area (Å²) >= 11 is 0. The molecule has 5 N–H and O–H groups in total. The average Bonchev–Trinajstić information content (AvgIpc) is 2.68. The van der Waals surface area contributed by atoms with Gasteiger partial charge in [0.1, 0.15) is 24.4 Å². The van der Waals surface area contributed by atoms with E-state index >= 15 is 0 Å². The maximum Gasteiger partial charge on any atom is 0.337 e. The number of carbonyl (C=O) groups is 1. The van der Waals surface area contributed by atoms with Crippen LogP contribution < -0.4 is 0 Å². The number of carbonyl (C=O) groups excluding carboxylic acids is 1. The van der Waals surface area contributed by atoms with E-state index in [0.29, 0.717) is 0 Å². The summed E-state index contributed by atoms with van der Waals surface area (Å²) in [5.41, 5.74) is 0.199. The predicted molar refractivity (Wildman–Crippen MR) is 88.7 cm³/mol. The van der Waals surface area contributed by atoms with Crippen molar-refractivity contribution >= 4 is 5.97 Å². The third-order valence-corrected chi connectivity index (χ3v) is 4.76. The minimum atomic E-state index is -1.60. The Hall–Kier alpha value is -1.53. The highest BCUT2D eigenvalue weighted by Gasteiger charge is 2.47. The molecule has 0 amide bonds. The van der Waals surface area contributed by atoms with Crippen LogP contribution >= 0.6 is 0 Å². The standard InChI is InChI=1S/C17H26O10/c1-3-8-9(4-5-18)10(15(23)24-2)7-25-16(8)27-17-14(22)13(21)12(20)11(6-19)26-17/h3,7-9,11-14,16-22H,1,4-6H2,2H3/t8?,9?,11-,12-,13+,14-,16+,17+/m1/s1. The number of esters is 1. The van der Waals surface area contributed by atoms with Crippen LogP contribution in [0.4, 0.5) is 0 Å². The molecule has 0 aromatic carbocycles. The highest BCUT2D eigenvalue weighted by molar-refractivity contribution is 5.88. The topological polar surface area (TPSA) is 155 Å². The van der Waals surface area contributed by atoms with Gasteiger partial charge >= 0.3 is 5.97 Å². The number of ether oxygens (including phenoxy) is 4. The van der Waals surface area contributed by atoms with Crippen LogP contribution in [-0.2, 0) is 23.7 Å². The van der Waals surface area contributed by atoms with Crippen molar-refractivity contribution in [3.63, 3.8) is 0 Å². The maximum atomic E-state index is 11.9. The van der Waals surface area contributed by atoms with Gasteiger partial charge in [-0.25, -0.2) is 4.79 Å². The van der Waals surface area contributed by atoms with Crippen molar-refractivity contribution in [1.29, 1.82) is 0 Å². The molecule has 8 atom stereocenters. The van der Waals surface area contributed by atoms with E-state index in [0.717, 1.165) is 6.26 Å². The molecule has 2 aliphatic rings. The molecular weight excluding hydrogens is 364 g/mol. The molecule has 0 bridgehead atoms. The summed E-state index contributed by atoms with van der Waals surface area (Å²) in [5.74, 6) is -1.75. The van der Waals surface area contributed by atoms with Gasteiger partial charge in [0.15, 0.2) is 6.29 Å². The van der Waals surface area contributed by atoms with Crippen LogP contribution in [0.25, 0.3) is 0 Å². The Morgan fingerprint density at radius 2 is 1.93 bits per heavy atom. The fourth-order valence-electron chi connectivity index (χ4n) is 3.23. The normalized spacial score (nSPS) is 39.3. The molecule has 2 heterocycles. The van der Waals surface area contributed by atoms with Gasteiger partial charge in [0.05, 0.1) is 25.6 Å². The van der Waals surface area contributed by atoms with Gasteiger partial charge in [0.2, 0.25) is 6.29 Å². The van der Waals surface area contributed by atoms with Crippen LogP contribution in [0, 0.1) is 11.8 Å². The minimum absolute atomic E-state index is 0.199. The van der Waals surface area contributed by atoms with Crippen molar-refractivity contribution in [2.45, 2.75) is 43.4 Å². The Kier molecular flexibility index (Phi) is 7.74. The van der Waals surface area contributed by atoms with Crippen LogP contribution in [0.5, 0.6) is 0 Å². The molecule has 2 aliphatic heterocycles. The van der Waals surface area contributed by atoms with Crippen LogP contribution in [0.2, 0.25) is 0 Å². The molecule has 2 unspecified atom stereocenters. The van der Waals surface area contributed by atoms with E-state index in [2.05, 4.69) is 6.58 Å². The lowest BCUT2D eigenvalue weighted by Gasteiger charge is -2.43. The fraction of sp³-hybridized carbons (Fsp3) is 0.706. The molecule has 154 valence electrons. The number of rotatable bonds is 7. The first-order valence-corrected chi connectivity index (χ1v) is 8.52. The van der Waals surface area contributed by atoms with E-state index < -0.39 is 61.4 Å². The molecule has 1 saturated heterocycles. The number of methoxy groups -OCH3 is 1. The molecule has 2 rings (SSSR count). The van der Waals surface area contributed by atoms with E-state index in [1.165, 1.54) is 13.2 Å². The summed E-state index contributed by atoms with van der Waals surface area (Å²) in [7, 11) is 1.22. The quantitative estimate of drug-likeness (QED) is 0.244. The summed E-state index contributed by atoms with van der Waals surface area (Å²) in [6.07, 6.45) is -5.47. The number of aliphatic hydroxyl groups excluding tert-OH is 5. The van der Waals surface area contributed by atoms with Crippen LogP contribution in [0.3, 0.4) is 0 Å². The zero-order valence-corrected chi connectivity index (χ0v) is 14.9. The lowest BCUT2D eigenvalue weighted by atomic mass is 9.82. The first kappa shape index (κ1) is 21.8.